The molecule has 3 rings (SSSR count). The Bertz CT molecular complexity index is 1220. The van der Waals surface area contributed by atoms with Crippen LogP contribution in [-0.2, 0) is 21.2 Å². The molecule has 0 atom stereocenters. The van der Waals surface area contributed by atoms with Gasteiger partial charge in [-0.05, 0) is 42.5 Å². The maximum atomic E-state index is 12.3. The number of ether oxygens (including phenoxy) is 2. The van der Waals surface area contributed by atoms with Crippen molar-refractivity contribution in [3.63, 3.8) is 0 Å². The van der Waals surface area contributed by atoms with Crippen molar-refractivity contribution in [2.45, 2.75) is 11.4 Å². The summed E-state index contributed by atoms with van der Waals surface area (Å²) in [6.07, 6.45) is 2.85. The second-order valence-electron chi connectivity index (χ2n) is 6.16. The standard InChI is InChI=1S/C20H20N2O5S2/c1-4-11-22-17-10-9-16(29(3,24)25)12-18(17)28-20(22)21-19(23)13-27-15-7-5-14(26-2)6-8-15/h4-10,12H,1,11,13H2,2-3H3. The molecule has 0 unspecified atom stereocenters. The highest BCUT2D eigenvalue weighted by atomic mass is 32.2. The first-order chi connectivity index (χ1) is 13.8. The lowest BCUT2D eigenvalue weighted by atomic mass is 10.3. The van der Waals surface area contributed by atoms with Gasteiger partial charge in [0.2, 0.25) is 0 Å². The molecule has 0 aliphatic heterocycles. The molecular weight excluding hydrogens is 412 g/mol. The van der Waals surface area contributed by atoms with Gasteiger partial charge in [0.1, 0.15) is 11.5 Å². The first-order valence-corrected chi connectivity index (χ1v) is 11.3. The quantitative estimate of drug-likeness (QED) is 0.536. The Hall–Kier alpha value is -2.91. The normalized spacial score (nSPS) is 12.1. The number of hydrogen-bond acceptors (Lipinski definition) is 6. The highest BCUT2D eigenvalue weighted by Gasteiger charge is 2.12. The summed E-state index contributed by atoms with van der Waals surface area (Å²) in [5.74, 6) is 0.772. The molecule has 0 saturated carbocycles. The van der Waals surface area contributed by atoms with Crippen molar-refractivity contribution in [2.24, 2.45) is 4.99 Å². The zero-order valence-corrected chi connectivity index (χ0v) is 17.6. The summed E-state index contributed by atoms with van der Waals surface area (Å²) in [5.41, 5.74) is 0.782. The van der Waals surface area contributed by atoms with Gasteiger partial charge >= 0.3 is 0 Å². The number of thiazole rings is 1. The largest absolute Gasteiger partial charge is 0.497 e. The van der Waals surface area contributed by atoms with Crippen LogP contribution in [0.25, 0.3) is 10.2 Å². The zero-order valence-electron chi connectivity index (χ0n) is 16.0. The fourth-order valence-electron chi connectivity index (χ4n) is 2.63. The molecule has 0 spiro atoms. The fourth-order valence-corrected chi connectivity index (χ4v) is 4.45. The Balaban J connectivity index is 1.89. The minimum absolute atomic E-state index is 0.219. The van der Waals surface area contributed by atoms with Gasteiger partial charge in [0, 0.05) is 12.8 Å². The van der Waals surface area contributed by atoms with Crippen LogP contribution in [0.2, 0.25) is 0 Å². The molecule has 0 radical (unpaired) electrons. The third kappa shape index (κ3) is 4.93. The van der Waals surface area contributed by atoms with Crippen LogP contribution in [0, 0.1) is 0 Å². The summed E-state index contributed by atoms with van der Waals surface area (Å²) in [5, 5.41) is 0. The van der Waals surface area contributed by atoms with Gasteiger partial charge < -0.3 is 14.0 Å². The molecule has 2 aromatic carbocycles. The van der Waals surface area contributed by atoms with E-state index in [2.05, 4.69) is 11.6 Å². The molecule has 0 saturated heterocycles. The first kappa shape index (κ1) is 20.8. The topological polar surface area (TPSA) is 87.0 Å². The molecule has 9 heteroatoms. The number of aromatic nitrogens is 1. The summed E-state index contributed by atoms with van der Waals surface area (Å²) < 4.78 is 36.7. The van der Waals surface area contributed by atoms with E-state index in [9.17, 15) is 13.2 Å². The Morgan fingerprint density at radius 1 is 1.21 bits per heavy atom. The lowest BCUT2D eigenvalue weighted by molar-refractivity contribution is -0.120. The van der Waals surface area contributed by atoms with Gasteiger partial charge in [-0.2, -0.15) is 4.99 Å². The molecule has 3 aromatic rings. The van der Waals surface area contributed by atoms with Gasteiger partial charge in [-0.1, -0.05) is 17.4 Å². The number of sulfone groups is 1. The average Bonchev–Trinajstić information content (AvgIpc) is 3.03. The average molecular weight is 433 g/mol. The van der Waals surface area contributed by atoms with Crippen molar-refractivity contribution in [1.29, 1.82) is 0 Å². The zero-order chi connectivity index (χ0) is 21.0. The van der Waals surface area contributed by atoms with Crippen molar-refractivity contribution in [3.8, 4) is 11.5 Å². The predicted molar refractivity (Wildman–Crippen MR) is 112 cm³/mol. The van der Waals surface area contributed by atoms with Crippen molar-refractivity contribution >= 4 is 37.3 Å². The molecule has 0 N–H and O–H groups in total. The smallest absolute Gasteiger partial charge is 0.286 e. The lowest BCUT2D eigenvalue weighted by Crippen LogP contribution is -2.19. The van der Waals surface area contributed by atoms with Crippen LogP contribution >= 0.6 is 11.3 Å². The Morgan fingerprint density at radius 2 is 1.90 bits per heavy atom. The number of allylic oxidation sites excluding steroid dienone is 1. The van der Waals surface area contributed by atoms with E-state index in [1.165, 1.54) is 11.3 Å². The fraction of sp³-hybridized carbons (Fsp3) is 0.200. The minimum Gasteiger partial charge on any atom is -0.497 e. The number of hydrogen-bond donors (Lipinski definition) is 0. The summed E-state index contributed by atoms with van der Waals surface area (Å²) >= 11 is 1.24. The van der Waals surface area contributed by atoms with Crippen LogP contribution in [0.4, 0.5) is 0 Å². The van der Waals surface area contributed by atoms with Gasteiger partial charge in [-0.25, -0.2) is 8.42 Å². The number of benzene rings is 2. The highest BCUT2D eigenvalue weighted by Crippen LogP contribution is 2.22. The summed E-state index contributed by atoms with van der Waals surface area (Å²) in [6.45, 7) is 3.95. The van der Waals surface area contributed by atoms with Crippen LogP contribution in [0.15, 0.2) is 65.0 Å². The van der Waals surface area contributed by atoms with Gasteiger partial charge in [-0.15, -0.1) is 6.58 Å². The molecule has 0 aliphatic carbocycles. The van der Waals surface area contributed by atoms with Gasteiger partial charge in [0.25, 0.3) is 5.91 Å². The molecule has 0 bridgehead atoms. The number of carbonyl (C=O) groups is 1. The number of carbonyl (C=O) groups excluding carboxylic acids is 1. The third-order valence-electron chi connectivity index (χ3n) is 4.04. The van der Waals surface area contributed by atoms with Crippen LogP contribution in [0.3, 0.4) is 0 Å². The molecule has 1 heterocycles. The van der Waals surface area contributed by atoms with Crippen LogP contribution in [0.5, 0.6) is 11.5 Å². The van der Waals surface area contributed by atoms with E-state index in [4.69, 9.17) is 9.47 Å². The van der Waals surface area contributed by atoms with Crippen molar-refractivity contribution in [1.82, 2.24) is 4.57 Å². The molecule has 152 valence electrons. The molecule has 0 fully saturated rings. The summed E-state index contributed by atoms with van der Waals surface area (Å²) in [6, 6.07) is 11.7. The maximum absolute atomic E-state index is 12.3. The van der Waals surface area contributed by atoms with Crippen LogP contribution in [0.1, 0.15) is 0 Å². The summed E-state index contributed by atoms with van der Waals surface area (Å²) in [7, 11) is -1.76. The number of rotatable bonds is 7. The predicted octanol–water partition coefficient (Wildman–Crippen LogP) is 2.81. The molecule has 1 amide bonds. The van der Waals surface area contributed by atoms with Gasteiger partial charge in [-0.3, -0.25) is 4.79 Å². The van der Waals surface area contributed by atoms with E-state index >= 15 is 0 Å². The second kappa shape index (κ2) is 8.62. The van der Waals surface area contributed by atoms with Crippen molar-refractivity contribution < 1.29 is 22.7 Å². The number of fused-ring (bicyclic) bond motifs is 1. The molecule has 1 aromatic heterocycles. The lowest BCUT2D eigenvalue weighted by Gasteiger charge is -2.05. The number of amides is 1. The third-order valence-corrected chi connectivity index (χ3v) is 6.19. The van der Waals surface area contributed by atoms with Crippen molar-refractivity contribution in [2.75, 3.05) is 20.0 Å². The maximum Gasteiger partial charge on any atom is 0.286 e. The van der Waals surface area contributed by atoms with Crippen LogP contribution < -0.4 is 14.3 Å². The number of nitrogens with zero attached hydrogens (tertiary/aromatic N) is 2. The van der Waals surface area contributed by atoms with E-state index in [-0.39, 0.29) is 11.5 Å². The highest BCUT2D eigenvalue weighted by molar-refractivity contribution is 7.90. The van der Waals surface area contributed by atoms with Crippen molar-refractivity contribution in [3.05, 3.63) is 59.9 Å². The van der Waals surface area contributed by atoms with Gasteiger partial charge in [0.05, 0.1) is 22.2 Å². The number of methoxy groups -OCH3 is 1. The van der Waals surface area contributed by atoms with Crippen LogP contribution in [-0.4, -0.2) is 38.9 Å². The Morgan fingerprint density at radius 3 is 2.52 bits per heavy atom. The van der Waals surface area contributed by atoms with Gasteiger partial charge in [0.15, 0.2) is 21.2 Å². The molecule has 29 heavy (non-hydrogen) atoms. The second-order valence-corrected chi connectivity index (χ2v) is 9.18. The van der Waals surface area contributed by atoms with E-state index in [0.29, 0.717) is 22.8 Å². The molecule has 0 aliphatic rings. The SMILES string of the molecule is C=CCn1c(=NC(=O)COc2ccc(OC)cc2)sc2cc(S(C)(=O)=O)ccc21. The minimum atomic E-state index is -3.33. The van der Waals surface area contributed by atoms with E-state index in [1.54, 1.807) is 55.7 Å². The molecule has 7 nitrogen and oxygen atoms in total. The van der Waals surface area contributed by atoms with E-state index in [1.807, 2.05) is 4.57 Å². The first-order valence-electron chi connectivity index (χ1n) is 8.60. The monoisotopic (exact) mass is 432 g/mol. The molecular formula is C20H20N2O5S2. The Labute approximate surface area is 172 Å². The Kier molecular flexibility index (Phi) is 6.19. The van der Waals surface area contributed by atoms with E-state index in [0.717, 1.165) is 16.5 Å². The summed E-state index contributed by atoms with van der Waals surface area (Å²) in [4.78, 5) is 17.1. The van der Waals surface area contributed by atoms with E-state index < -0.39 is 15.7 Å².